The lowest BCUT2D eigenvalue weighted by atomic mass is 10.0. The molecule has 4 rings (SSSR count). The highest BCUT2D eigenvalue weighted by Crippen LogP contribution is 2.31. The van der Waals surface area contributed by atoms with E-state index in [0.29, 0.717) is 11.5 Å². The second kappa shape index (κ2) is 7.17. The number of non-ortho nitro benzene ring substituents is 1. The van der Waals surface area contributed by atoms with E-state index in [0.717, 1.165) is 26.9 Å². The van der Waals surface area contributed by atoms with Gasteiger partial charge in [0.05, 0.1) is 16.9 Å². The molecule has 0 fully saturated rings. The average Bonchev–Trinajstić information content (AvgIpc) is 3.23. The Balaban J connectivity index is 1.85. The van der Waals surface area contributed by atoms with Crippen LogP contribution in [0.3, 0.4) is 0 Å². The van der Waals surface area contributed by atoms with E-state index in [1.54, 1.807) is 18.4 Å². The molecule has 5 nitrogen and oxygen atoms in total. The van der Waals surface area contributed by atoms with Gasteiger partial charge in [0.1, 0.15) is 5.69 Å². The van der Waals surface area contributed by atoms with Gasteiger partial charge < -0.3 is 4.42 Å². The summed E-state index contributed by atoms with van der Waals surface area (Å²) in [5.74, 6) is 0.664. The van der Waals surface area contributed by atoms with Crippen LogP contribution in [0.15, 0.2) is 87.9 Å². The quantitative estimate of drug-likeness (QED) is 0.285. The molecule has 0 aliphatic carbocycles. The molecule has 0 radical (unpaired) electrons. The number of nitro benzene ring substituents is 1. The molecule has 0 amide bonds. The van der Waals surface area contributed by atoms with Crippen LogP contribution >= 0.6 is 15.9 Å². The number of hydrogen-bond acceptors (Lipinski definition) is 4. The molecule has 0 aliphatic rings. The van der Waals surface area contributed by atoms with Gasteiger partial charge in [-0.25, -0.2) is 4.98 Å². The summed E-state index contributed by atoms with van der Waals surface area (Å²) in [6, 6.07) is 22.0. The van der Waals surface area contributed by atoms with Crippen LogP contribution in [0.25, 0.3) is 33.8 Å². The van der Waals surface area contributed by atoms with E-state index in [-0.39, 0.29) is 5.69 Å². The maximum atomic E-state index is 10.9. The summed E-state index contributed by atoms with van der Waals surface area (Å²) in [6.07, 6.45) is 1.61. The van der Waals surface area contributed by atoms with Crippen LogP contribution in [0.4, 0.5) is 5.69 Å². The van der Waals surface area contributed by atoms with Crippen molar-refractivity contribution >= 4 is 21.6 Å². The van der Waals surface area contributed by atoms with Gasteiger partial charge in [-0.2, -0.15) is 0 Å². The van der Waals surface area contributed by atoms with Gasteiger partial charge in [-0.05, 0) is 59.7 Å². The molecule has 4 aromatic rings. The van der Waals surface area contributed by atoms with Crippen LogP contribution in [0.5, 0.6) is 0 Å². The molecule has 0 N–H and O–H groups in total. The number of nitro groups is 1. The van der Waals surface area contributed by atoms with Crippen molar-refractivity contribution in [2.24, 2.45) is 0 Å². The number of hydrogen-bond donors (Lipinski definition) is 0. The summed E-state index contributed by atoms with van der Waals surface area (Å²) >= 11 is 3.45. The Bertz CT molecular complexity index is 1090. The highest BCUT2D eigenvalue weighted by atomic mass is 79.9. The summed E-state index contributed by atoms with van der Waals surface area (Å²) < 4.78 is 6.51. The molecular formula is C21H13BrN2O3. The van der Waals surface area contributed by atoms with Crippen molar-refractivity contribution in [1.29, 1.82) is 0 Å². The molecular weight excluding hydrogens is 408 g/mol. The van der Waals surface area contributed by atoms with E-state index < -0.39 is 4.92 Å². The molecule has 2 aromatic carbocycles. The topological polar surface area (TPSA) is 69.2 Å². The fourth-order valence-electron chi connectivity index (χ4n) is 2.79. The molecule has 0 bridgehead atoms. The lowest BCUT2D eigenvalue weighted by Crippen LogP contribution is -1.91. The van der Waals surface area contributed by atoms with Crippen molar-refractivity contribution in [1.82, 2.24) is 4.98 Å². The largest absolute Gasteiger partial charge is 0.463 e. The Labute approximate surface area is 163 Å². The molecule has 27 heavy (non-hydrogen) atoms. The maximum absolute atomic E-state index is 10.9. The third kappa shape index (κ3) is 3.66. The molecule has 132 valence electrons. The van der Waals surface area contributed by atoms with E-state index in [9.17, 15) is 10.1 Å². The summed E-state index contributed by atoms with van der Waals surface area (Å²) in [7, 11) is 0. The van der Waals surface area contributed by atoms with Crippen molar-refractivity contribution in [3.63, 3.8) is 0 Å². The fraction of sp³-hybridized carbons (Fsp3) is 0. The first kappa shape index (κ1) is 17.2. The molecule has 0 unspecified atom stereocenters. The minimum absolute atomic E-state index is 0.0501. The molecule has 0 spiro atoms. The summed E-state index contributed by atoms with van der Waals surface area (Å²) in [4.78, 5) is 15.2. The second-order valence-electron chi connectivity index (χ2n) is 5.91. The van der Waals surface area contributed by atoms with Crippen LogP contribution in [-0.4, -0.2) is 9.91 Å². The molecule has 0 saturated heterocycles. The maximum Gasteiger partial charge on any atom is 0.269 e. The number of furan rings is 1. The molecule has 0 atom stereocenters. The van der Waals surface area contributed by atoms with Gasteiger partial charge in [0.15, 0.2) is 5.76 Å². The third-order valence-corrected chi connectivity index (χ3v) is 4.68. The van der Waals surface area contributed by atoms with Gasteiger partial charge in [0.25, 0.3) is 5.69 Å². The number of aromatic nitrogens is 1. The van der Waals surface area contributed by atoms with Gasteiger partial charge in [-0.3, -0.25) is 10.1 Å². The zero-order valence-corrected chi connectivity index (χ0v) is 15.6. The minimum atomic E-state index is -0.413. The molecule has 2 aromatic heterocycles. The average molecular weight is 421 g/mol. The fourth-order valence-corrected chi connectivity index (χ4v) is 3.06. The molecule has 6 heteroatoms. The van der Waals surface area contributed by atoms with Crippen molar-refractivity contribution in [2.45, 2.75) is 0 Å². The van der Waals surface area contributed by atoms with Gasteiger partial charge >= 0.3 is 0 Å². The first-order chi connectivity index (χ1) is 13.1. The van der Waals surface area contributed by atoms with Crippen LogP contribution in [0, 0.1) is 10.1 Å². The minimum Gasteiger partial charge on any atom is -0.463 e. The van der Waals surface area contributed by atoms with Gasteiger partial charge in [-0.1, -0.05) is 28.1 Å². The van der Waals surface area contributed by atoms with Crippen LogP contribution in [0.1, 0.15) is 0 Å². The van der Waals surface area contributed by atoms with Gasteiger partial charge in [-0.15, -0.1) is 0 Å². The van der Waals surface area contributed by atoms with Crippen LogP contribution < -0.4 is 0 Å². The lowest BCUT2D eigenvalue weighted by molar-refractivity contribution is -0.384. The Morgan fingerprint density at radius 2 is 1.52 bits per heavy atom. The Hall–Kier alpha value is -3.25. The van der Waals surface area contributed by atoms with Gasteiger partial charge in [0, 0.05) is 22.2 Å². The smallest absolute Gasteiger partial charge is 0.269 e. The Morgan fingerprint density at radius 3 is 2.15 bits per heavy atom. The van der Waals surface area contributed by atoms with E-state index in [1.807, 2.05) is 48.5 Å². The van der Waals surface area contributed by atoms with E-state index in [1.165, 1.54) is 12.1 Å². The van der Waals surface area contributed by atoms with Gasteiger partial charge in [0.2, 0.25) is 0 Å². The van der Waals surface area contributed by atoms with Crippen molar-refractivity contribution in [2.75, 3.05) is 0 Å². The van der Waals surface area contributed by atoms with Crippen molar-refractivity contribution in [3.05, 3.63) is 93.6 Å². The Kier molecular flexibility index (Phi) is 4.56. The standard InChI is InChI=1S/C21H13BrN2O3/c22-17-7-3-14(4-8-17)16-12-19(15-5-9-18(10-6-15)24(25)26)23-20(13-16)21-2-1-11-27-21/h1-13H. The number of nitrogens with zero attached hydrogens (tertiary/aromatic N) is 2. The first-order valence-electron chi connectivity index (χ1n) is 8.17. The SMILES string of the molecule is O=[N+]([O-])c1ccc(-c2cc(-c3ccc(Br)cc3)cc(-c3ccco3)n2)cc1. The van der Waals surface area contributed by atoms with E-state index in [4.69, 9.17) is 9.40 Å². The monoisotopic (exact) mass is 420 g/mol. The third-order valence-electron chi connectivity index (χ3n) is 4.15. The number of rotatable bonds is 4. The highest BCUT2D eigenvalue weighted by Gasteiger charge is 2.12. The Morgan fingerprint density at radius 1 is 0.852 bits per heavy atom. The van der Waals surface area contributed by atoms with E-state index >= 15 is 0 Å². The molecule has 0 aliphatic heterocycles. The predicted octanol–water partition coefficient (Wildman–Crippen LogP) is 6.35. The molecule has 0 saturated carbocycles. The van der Waals surface area contributed by atoms with E-state index in [2.05, 4.69) is 15.9 Å². The summed E-state index contributed by atoms with van der Waals surface area (Å²) in [5.41, 5.74) is 4.29. The number of benzene rings is 2. The number of halogens is 1. The van der Waals surface area contributed by atoms with Crippen LogP contribution in [-0.2, 0) is 0 Å². The second-order valence-corrected chi connectivity index (χ2v) is 6.83. The first-order valence-corrected chi connectivity index (χ1v) is 8.96. The van der Waals surface area contributed by atoms with Crippen LogP contribution in [0.2, 0.25) is 0 Å². The predicted molar refractivity (Wildman–Crippen MR) is 107 cm³/mol. The van der Waals surface area contributed by atoms with Crippen molar-refractivity contribution in [3.8, 4) is 33.8 Å². The zero-order valence-electron chi connectivity index (χ0n) is 14.0. The number of pyridine rings is 1. The lowest BCUT2D eigenvalue weighted by Gasteiger charge is -2.09. The van der Waals surface area contributed by atoms with Crippen molar-refractivity contribution < 1.29 is 9.34 Å². The molecule has 2 heterocycles. The highest BCUT2D eigenvalue weighted by molar-refractivity contribution is 9.10. The summed E-state index contributed by atoms with van der Waals surface area (Å²) in [6.45, 7) is 0. The zero-order chi connectivity index (χ0) is 18.8. The summed E-state index contributed by atoms with van der Waals surface area (Å²) in [5, 5.41) is 10.9. The normalized spacial score (nSPS) is 10.7.